The van der Waals surface area contributed by atoms with Gasteiger partial charge in [0.05, 0.1) is 11.3 Å². The van der Waals surface area contributed by atoms with Gasteiger partial charge in [-0.25, -0.2) is 9.37 Å². The first kappa shape index (κ1) is 13.9. The van der Waals surface area contributed by atoms with Crippen LogP contribution in [0.1, 0.15) is 0 Å². The minimum Gasteiger partial charge on any atom is -0.372 e. The minimum atomic E-state index is -0.332. The molecule has 2 heterocycles. The summed E-state index contributed by atoms with van der Waals surface area (Å²) in [4.78, 5) is 12.5. The molecule has 0 aliphatic carbocycles. The molecule has 2 aromatic heterocycles. The van der Waals surface area contributed by atoms with Crippen molar-refractivity contribution in [3.05, 3.63) is 54.6 Å². The van der Waals surface area contributed by atoms with E-state index in [0.29, 0.717) is 17.1 Å². The fourth-order valence-electron chi connectivity index (χ4n) is 2.30. The summed E-state index contributed by atoms with van der Waals surface area (Å²) in [7, 11) is 1.75. The van der Waals surface area contributed by atoms with Crippen LogP contribution in [0.25, 0.3) is 22.4 Å². The molecule has 3 aromatic rings. The van der Waals surface area contributed by atoms with E-state index in [2.05, 4.69) is 20.3 Å². The summed E-state index contributed by atoms with van der Waals surface area (Å²) in [6.45, 7) is 0. The van der Waals surface area contributed by atoms with Crippen LogP contribution < -0.4 is 11.1 Å². The summed E-state index contributed by atoms with van der Waals surface area (Å²) in [5, 5.41) is 3.01. The maximum absolute atomic E-state index is 13.6. The van der Waals surface area contributed by atoms with Crippen LogP contribution in [0.2, 0.25) is 0 Å². The smallest absolute Gasteiger partial charge is 0.222 e. The van der Waals surface area contributed by atoms with Crippen molar-refractivity contribution in [2.75, 3.05) is 18.1 Å². The molecule has 0 bridgehead atoms. The van der Waals surface area contributed by atoms with Crippen molar-refractivity contribution in [1.82, 2.24) is 15.0 Å². The first-order valence-corrected chi connectivity index (χ1v) is 6.70. The van der Waals surface area contributed by atoms with Crippen molar-refractivity contribution >= 4 is 11.8 Å². The van der Waals surface area contributed by atoms with Crippen LogP contribution in [-0.2, 0) is 0 Å². The lowest BCUT2D eigenvalue weighted by atomic mass is 10.0. The van der Waals surface area contributed by atoms with E-state index < -0.39 is 0 Å². The van der Waals surface area contributed by atoms with Crippen molar-refractivity contribution in [3.8, 4) is 22.4 Å². The number of aromatic nitrogens is 3. The number of nitrogens with two attached hydrogens (primary N) is 1. The lowest BCUT2D eigenvalue weighted by Gasteiger charge is -2.14. The predicted molar refractivity (Wildman–Crippen MR) is 84.6 cm³/mol. The second-order valence-electron chi connectivity index (χ2n) is 4.65. The van der Waals surface area contributed by atoms with Gasteiger partial charge in [0.25, 0.3) is 0 Å². The summed E-state index contributed by atoms with van der Waals surface area (Å²) in [5.74, 6) is 0.376. The summed E-state index contributed by atoms with van der Waals surface area (Å²) in [6.07, 6.45) is 3.36. The van der Waals surface area contributed by atoms with Gasteiger partial charge in [-0.05, 0) is 29.8 Å². The molecule has 22 heavy (non-hydrogen) atoms. The van der Waals surface area contributed by atoms with Gasteiger partial charge in [0, 0.05) is 25.0 Å². The van der Waals surface area contributed by atoms with Crippen molar-refractivity contribution in [1.29, 1.82) is 0 Å². The highest BCUT2D eigenvalue weighted by Crippen LogP contribution is 2.35. The third-order valence-electron chi connectivity index (χ3n) is 3.23. The molecular weight excluding hydrogens is 281 g/mol. The van der Waals surface area contributed by atoms with Gasteiger partial charge in [0.2, 0.25) is 5.95 Å². The van der Waals surface area contributed by atoms with Crippen molar-refractivity contribution in [2.45, 2.75) is 0 Å². The summed E-state index contributed by atoms with van der Waals surface area (Å²) in [5.41, 5.74) is 8.63. The highest BCUT2D eigenvalue weighted by molar-refractivity contribution is 5.88. The van der Waals surface area contributed by atoms with Gasteiger partial charge in [-0.2, -0.15) is 4.98 Å². The van der Waals surface area contributed by atoms with E-state index >= 15 is 0 Å². The molecule has 110 valence electrons. The zero-order valence-electron chi connectivity index (χ0n) is 11.9. The standard InChI is InChI=1S/C16H14FN5/c1-19-15-13(10-5-7-20-8-6-10)14(21-16(18)22-15)11-3-2-4-12(17)9-11/h2-9H,1H3,(H3,18,19,21,22). The fourth-order valence-corrected chi connectivity index (χ4v) is 2.30. The molecule has 3 rings (SSSR count). The molecule has 5 nitrogen and oxygen atoms in total. The predicted octanol–water partition coefficient (Wildman–Crippen LogP) is 2.97. The van der Waals surface area contributed by atoms with Crippen LogP contribution in [0.3, 0.4) is 0 Å². The second-order valence-corrected chi connectivity index (χ2v) is 4.65. The molecule has 0 aliphatic heterocycles. The first-order chi connectivity index (χ1) is 10.7. The first-order valence-electron chi connectivity index (χ1n) is 6.70. The third-order valence-corrected chi connectivity index (χ3v) is 3.23. The van der Waals surface area contributed by atoms with Crippen molar-refractivity contribution in [2.24, 2.45) is 0 Å². The topological polar surface area (TPSA) is 76.7 Å². The van der Waals surface area contributed by atoms with Gasteiger partial charge in [0.15, 0.2) is 0 Å². The van der Waals surface area contributed by atoms with Gasteiger partial charge in [-0.3, -0.25) is 4.98 Å². The molecule has 0 spiro atoms. The van der Waals surface area contributed by atoms with E-state index in [1.807, 2.05) is 12.1 Å². The molecule has 0 amide bonds. The van der Waals surface area contributed by atoms with E-state index in [1.165, 1.54) is 12.1 Å². The highest BCUT2D eigenvalue weighted by atomic mass is 19.1. The number of benzene rings is 1. The Bertz CT molecular complexity index is 805. The van der Waals surface area contributed by atoms with Gasteiger partial charge < -0.3 is 11.1 Å². The molecule has 0 radical (unpaired) electrons. The van der Waals surface area contributed by atoms with Crippen molar-refractivity contribution in [3.63, 3.8) is 0 Å². The van der Waals surface area contributed by atoms with Crippen LogP contribution in [-0.4, -0.2) is 22.0 Å². The number of rotatable bonds is 3. The summed E-state index contributed by atoms with van der Waals surface area (Å²) in [6, 6.07) is 9.93. The van der Waals surface area contributed by atoms with E-state index in [1.54, 1.807) is 31.6 Å². The Morgan fingerprint density at radius 1 is 1.05 bits per heavy atom. The zero-order chi connectivity index (χ0) is 15.5. The Labute approximate surface area is 127 Å². The fraction of sp³-hybridized carbons (Fsp3) is 0.0625. The Morgan fingerprint density at radius 3 is 2.50 bits per heavy atom. The van der Waals surface area contributed by atoms with E-state index in [9.17, 15) is 4.39 Å². The summed E-state index contributed by atoms with van der Waals surface area (Å²) < 4.78 is 13.6. The van der Waals surface area contributed by atoms with Crippen LogP contribution in [0.5, 0.6) is 0 Å². The lowest BCUT2D eigenvalue weighted by Crippen LogP contribution is -2.05. The molecule has 0 atom stereocenters. The van der Waals surface area contributed by atoms with Gasteiger partial charge in [-0.1, -0.05) is 12.1 Å². The normalized spacial score (nSPS) is 10.5. The molecule has 3 N–H and O–H groups in total. The Kier molecular flexibility index (Phi) is 3.65. The third kappa shape index (κ3) is 2.58. The molecule has 0 fully saturated rings. The maximum Gasteiger partial charge on any atom is 0.222 e. The molecular formula is C16H14FN5. The number of anilines is 2. The van der Waals surface area contributed by atoms with Gasteiger partial charge in [0.1, 0.15) is 11.6 Å². The molecule has 0 saturated heterocycles. The highest BCUT2D eigenvalue weighted by Gasteiger charge is 2.16. The summed E-state index contributed by atoms with van der Waals surface area (Å²) >= 11 is 0. The Hall–Kier alpha value is -3.02. The average Bonchev–Trinajstić information content (AvgIpc) is 2.54. The lowest BCUT2D eigenvalue weighted by molar-refractivity contribution is 0.628. The molecule has 0 saturated carbocycles. The SMILES string of the molecule is CNc1nc(N)nc(-c2cccc(F)c2)c1-c1ccncc1. The number of hydrogen-bond donors (Lipinski definition) is 2. The van der Waals surface area contributed by atoms with E-state index in [0.717, 1.165) is 11.1 Å². The largest absolute Gasteiger partial charge is 0.372 e. The molecule has 6 heteroatoms. The van der Waals surface area contributed by atoms with Gasteiger partial charge >= 0.3 is 0 Å². The van der Waals surface area contributed by atoms with E-state index in [-0.39, 0.29) is 11.8 Å². The molecule has 0 unspecified atom stereocenters. The average molecular weight is 295 g/mol. The minimum absolute atomic E-state index is 0.126. The Balaban J connectivity index is 2.31. The monoisotopic (exact) mass is 295 g/mol. The zero-order valence-corrected chi connectivity index (χ0v) is 11.9. The number of nitrogen functional groups attached to an aromatic ring is 1. The molecule has 1 aromatic carbocycles. The van der Waals surface area contributed by atoms with Crippen LogP contribution in [0.4, 0.5) is 16.2 Å². The molecule has 0 aliphatic rings. The van der Waals surface area contributed by atoms with E-state index in [4.69, 9.17) is 5.73 Å². The number of nitrogens with zero attached hydrogens (tertiary/aromatic N) is 3. The number of pyridine rings is 1. The van der Waals surface area contributed by atoms with Crippen LogP contribution in [0, 0.1) is 5.82 Å². The second kappa shape index (κ2) is 5.77. The number of nitrogens with one attached hydrogen (secondary N) is 1. The van der Waals surface area contributed by atoms with Crippen LogP contribution >= 0.6 is 0 Å². The van der Waals surface area contributed by atoms with Crippen LogP contribution in [0.15, 0.2) is 48.8 Å². The van der Waals surface area contributed by atoms with Gasteiger partial charge in [-0.15, -0.1) is 0 Å². The quantitative estimate of drug-likeness (QED) is 0.777. The number of hydrogen-bond acceptors (Lipinski definition) is 5. The number of halogens is 1. The Morgan fingerprint density at radius 2 is 1.82 bits per heavy atom. The maximum atomic E-state index is 13.6. The van der Waals surface area contributed by atoms with Crippen molar-refractivity contribution < 1.29 is 4.39 Å².